The first kappa shape index (κ1) is 15.1. The van der Waals surface area contributed by atoms with Gasteiger partial charge in [0.1, 0.15) is 12.4 Å². The van der Waals surface area contributed by atoms with Crippen LogP contribution in [-0.2, 0) is 6.61 Å². The number of ether oxygens (including phenoxy) is 1. The molecule has 0 spiro atoms. The third-order valence-corrected chi connectivity index (χ3v) is 3.19. The van der Waals surface area contributed by atoms with Gasteiger partial charge in [-0.3, -0.25) is 4.79 Å². The number of carboxylic acid groups (broad SMARTS) is 1. The molecule has 0 aliphatic carbocycles. The van der Waals surface area contributed by atoms with E-state index in [1.807, 2.05) is 30.3 Å². The zero-order valence-corrected chi connectivity index (χ0v) is 12.1. The maximum absolute atomic E-state index is 11.5. The highest BCUT2D eigenvalue weighted by atomic mass is 35.5. The van der Waals surface area contributed by atoms with Crippen molar-refractivity contribution in [2.75, 3.05) is 0 Å². The first-order valence-corrected chi connectivity index (χ1v) is 6.61. The van der Waals surface area contributed by atoms with Crippen molar-refractivity contribution in [1.29, 1.82) is 0 Å². The Morgan fingerprint density at radius 3 is 2.43 bits per heavy atom. The maximum atomic E-state index is 11.5. The Morgan fingerprint density at radius 1 is 1.19 bits per heavy atom. The molecule has 108 valence electrons. The van der Waals surface area contributed by atoms with E-state index in [2.05, 4.69) is 0 Å². The van der Waals surface area contributed by atoms with Gasteiger partial charge in [0.25, 0.3) is 0 Å². The Morgan fingerprint density at radius 2 is 1.86 bits per heavy atom. The fourth-order valence-corrected chi connectivity index (χ4v) is 2.27. The Hall–Kier alpha value is -2.33. The smallest absolute Gasteiger partial charge is 0.336 e. The van der Waals surface area contributed by atoms with Crippen LogP contribution in [0.5, 0.6) is 5.75 Å². The van der Waals surface area contributed by atoms with Crippen molar-refractivity contribution in [2.45, 2.75) is 13.5 Å². The number of carbonyl (C=O) groups is 2. The van der Waals surface area contributed by atoms with Crippen molar-refractivity contribution < 1.29 is 19.4 Å². The third kappa shape index (κ3) is 3.61. The van der Waals surface area contributed by atoms with Gasteiger partial charge in [-0.2, -0.15) is 0 Å². The topological polar surface area (TPSA) is 63.6 Å². The molecule has 0 bridgehead atoms. The average Bonchev–Trinajstić information content (AvgIpc) is 2.45. The van der Waals surface area contributed by atoms with Gasteiger partial charge in [0.2, 0.25) is 0 Å². The number of hydrogen-bond donors (Lipinski definition) is 1. The second-order valence-electron chi connectivity index (χ2n) is 4.46. The molecule has 4 nitrogen and oxygen atoms in total. The number of halogens is 1. The van der Waals surface area contributed by atoms with Crippen LogP contribution in [0.4, 0.5) is 0 Å². The third-order valence-electron chi connectivity index (χ3n) is 2.89. The van der Waals surface area contributed by atoms with E-state index < -0.39 is 11.8 Å². The summed E-state index contributed by atoms with van der Waals surface area (Å²) < 4.78 is 5.54. The van der Waals surface area contributed by atoms with Gasteiger partial charge in [0, 0.05) is 0 Å². The van der Waals surface area contributed by atoms with E-state index >= 15 is 0 Å². The summed E-state index contributed by atoms with van der Waals surface area (Å²) in [5.74, 6) is -1.30. The summed E-state index contributed by atoms with van der Waals surface area (Å²) in [6.07, 6.45) is 0. The van der Waals surface area contributed by atoms with Crippen LogP contribution < -0.4 is 4.74 Å². The van der Waals surface area contributed by atoms with Crippen LogP contribution in [0.15, 0.2) is 42.5 Å². The van der Waals surface area contributed by atoms with Gasteiger partial charge in [0.05, 0.1) is 16.1 Å². The summed E-state index contributed by atoms with van der Waals surface area (Å²) in [7, 11) is 0. The quantitative estimate of drug-likeness (QED) is 0.853. The van der Waals surface area contributed by atoms with Gasteiger partial charge < -0.3 is 9.84 Å². The van der Waals surface area contributed by atoms with Crippen molar-refractivity contribution in [1.82, 2.24) is 0 Å². The number of benzene rings is 2. The van der Waals surface area contributed by atoms with Crippen LogP contribution in [-0.4, -0.2) is 16.9 Å². The first-order chi connectivity index (χ1) is 9.99. The van der Waals surface area contributed by atoms with Crippen molar-refractivity contribution >= 4 is 23.4 Å². The van der Waals surface area contributed by atoms with Crippen LogP contribution >= 0.6 is 11.6 Å². The summed E-state index contributed by atoms with van der Waals surface area (Å²) in [5.41, 5.74) is 0.787. The van der Waals surface area contributed by atoms with E-state index in [9.17, 15) is 14.7 Å². The fourth-order valence-electron chi connectivity index (χ4n) is 1.93. The number of rotatable bonds is 5. The van der Waals surface area contributed by atoms with E-state index in [4.69, 9.17) is 16.3 Å². The number of ketones is 1. The summed E-state index contributed by atoms with van der Waals surface area (Å²) in [4.78, 5) is 22.7. The Labute approximate surface area is 126 Å². The molecule has 0 saturated carbocycles. The number of carboxylic acids is 1. The number of Topliss-reactive ketones (excluding diaryl/α,β-unsaturated/α-hetero) is 1. The predicted molar refractivity (Wildman–Crippen MR) is 79.2 cm³/mol. The van der Waals surface area contributed by atoms with Crippen molar-refractivity contribution in [3.8, 4) is 5.75 Å². The lowest BCUT2D eigenvalue weighted by Gasteiger charge is -2.11. The van der Waals surface area contributed by atoms with Gasteiger partial charge in [-0.05, 0) is 24.6 Å². The molecule has 2 aromatic carbocycles. The first-order valence-electron chi connectivity index (χ1n) is 6.23. The zero-order valence-electron chi connectivity index (χ0n) is 11.3. The van der Waals surface area contributed by atoms with Gasteiger partial charge in [-0.1, -0.05) is 41.9 Å². The lowest BCUT2D eigenvalue weighted by Crippen LogP contribution is -2.08. The minimum atomic E-state index is -1.22. The van der Waals surface area contributed by atoms with Crippen molar-refractivity contribution in [3.63, 3.8) is 0 Å². The molecule has 0 amide bonds. The van der Waals surface area contributed by atoms with Gasteiger partial charge >= 0.3 is 5.97 Å². The van der Waals surface area contributed by atoms with Crippen LogP contribution in [0, 0.1) is 0 Å². The van der Waals surface area contributed by atoms with E-state index in [1.54, 1.807) is 0 Å². The fraction of sp³-hybridized carbons (Fsp3) is 0.125. The Balaban J connectivity index is 2.29. The van der Waals surface area contributed by atoms with E-state index in [1.165, 1.54) is 19.1 Å². The second-order valence-corrected chi connectivity index (χ2v) is 4.87. The lowest BCUT2D eigenvalue weighted by atomic mass is 10.0. The normalized spacial score (nSPS) is 10.2. The molecular weight excluding hydrogens is 292 g/mol. The molecule has 0 aromatic heterocycles. The molecule has 0 heterocycles. The molecule has 0 atom stereocenters. The van der Waals surface area contributed by atoms with Crippen molar-refractivity contribution in [2.24, 2.45) is 0 Å². The van der Waals surface area contributed by atoms with Crippen LogP contribution in [0.3, 0.4) is 0 Å². The highest BCUT2D eigenvalue weighted by molar-refractivity contribution is 6.35. The van der Waals surface area contributed by atoms with E-state index in [-0.39, 0.29) is 22.8 Å². The molecule has 1 N–H and O–H groups in total. The van der Waals surface area contributed by atoms with Crippen LogP contribution in [0.25, 0.3) is 0 Å². The molecule has 0 aliphatic rings. The monoisotopic (exact) mass is 304 g/mol. The largest absolute Gasteiger partial charge is 0.489 e. The average molecular weight is 305 g/mol. The number of aromatic carboxylic acids is 1. The molecule has 5 heteroatoms. The van der Waals surface area contributed by atoms with Crippen molar-refractivity contribution in [3.05, 3.63) is 64.2 Å². The molecule has 2 aromatic rings. The highest BCUT2D eigenvalue weighted by Crippen LogP contribution is 2.28. The van der Waals surface area contributed by atoms with E-state index in [0.717, 1.165) is 5.56 Å². The molecule has 0 saturated heterocycles. The standard InChI is InChI=1S/C16H13ClO4/c1-10(18)15-13(16(19)20)7-12(8-14(15)17)21-9-11-5-3-2-4-6-11/h2-8H,9H2,1H3,(H,19,20). The number of hydrogen-bond acceptors (Lipinski definition) is 3. The molecule has 0 aliphatic heterocycles. The molecule has 2 rings (SSSR count). The Kier molecular flexibility index (Phi) is 4.60. The number of carbonyl (C=O) groups excluding carboxylic acids is 1. The van der Waals surface area contributed by atoms with Crippen LogP contribution in [0.1, 0.15) is 33.2 Å². The van der Waals surface area contributed by atoms with E-state index in [0.29, 0.717) is 5.75 Å². The van der Waals surface area contributed by atoms with Gasteiger partial charge in [-0.25, -0.2) is 4.79 Å². The summed E-state index contributed by atoms with van der Waals surface area (Å²) >= 11 is 5.99. The summed E-state index contributed by atoms with van der Waals surface area (Å²) in [6, 6.07) is 12.2. The molecule has 0 radical (unpaired) electrons. The molecule has 0 unspecified atom stereocenters. The molecular formula is C16H13ClO4. The van der Waals surface area contributed by atoms with Gasteiger partial charge in [0.15, 0.2) is 5.78 Å². The minimum Gasteiger partial charge on any atom is -0.489 e. The zero-order chi connectivity index (χ0) is 15.4. The molecule has 21 heavy (non-hydrogen) atoms. The predicted octanol–water partition coefficient (Wildman–Crippen LogP) is 3.82. The highest BCUT2D eigenvalue weighted by Gasteiger charge is 2.19. The molecule has 0 fully saturated rings. The SMILES string of the molecule is CC(=O)c1c(Cl)cc(OCc2ccccc2)cc1C(=O)O. The lowest BCUT2D eigenvalue weighted by molar-refractivity contribution is 0.0691. The van der Waals surface area contributed by atoms with Gasteiger partial charge in [-0.15, -0.1) is 0 Å². The summed E-state index contributed by atoms with van der Waals surface area (Å²) in [6.45, 7) is 1.56. The maximum Gasteiger partial charge on any atom is 0.336 e. The van der Waals surface area contributed by atoms with Crippen LogP contribution in [0.2, 0.25) is 5.02 Å². The minimum absolute atomic E-state index is 0.00349. The Bertz CT molecular complexity index is 680. The second kappa shape index (κ2) is 6.41. The summed E-state index contributed by atoms with van der Waals surface area (Å²) in [5, 5.41) is 9.26.